The van der Waals surface area contributed by atoms with Crippen LogP contribution in [0.25, 0.3) is 0 Å². The molecule has 166 valence electrons. The van der Waals surface area contributed by atoms with Gasteiger partial charge in [-0.1, -0.05) is 12.1 Å². The number of carbonyl (C=O) groups excluding carboxylic acids is 2. The van der Waals surface area contributed by atoms with Crippen LogP contribution in [-0.2, 0) is 4.79 Å². The highest BCUT2D eigenvalue weighted by molar-refractivity contribution is 6.01. The van der Waals surface area contributed by atoms with Crippen LogP contribution >= 0.6 is 0 Å². The quantitative estimate of drug-likeness (QED) is 0.662. The van der Waals surface area contributed by atoms with Crippen molar-refractivity contribution in [1.82, 2.24) is 9.80 Å². The number of ether oxygens (including phenoxy) is 3. The first-order valence-electron chi connectivity index (χ1n) is 10.3. The first-order chi connectivity index (χ1) is 15.0. The maximum absolute atomic E-state index is 13.1. The molecular weight excluding hydrogens is 398 g/mol. The fourth-order valence-electron chi connectivity index (χ4n) is 3.10. The van der Waals surface area contributed by atoms with Crippen molar-refractivity contribution in [2.75, 3.05) is 58.9 Å². The summed E-state index contributed by atoms with van der Waals surface area (Å²) in [6, 6.07) is 12.3. The normalized spacial score (nSPS) is 12.4. The van der Waals surface area contributed by atoms with E-state index in [1.54, 1.807) is 36.4 Å². The Kier molecular flexibility index (Phi) is 7.72. The van der Waals surface area contributed by atoms with E-state index < -0.39 is 0 Å². The Morgan fingerprint density at radius 3 is 2.55 bits per heavy atom. The van der Waals surface area contributed by atoms with E-state index in [2.05, 4.69) is 5.32 Å². The minimum absolute atomic E-state index is 0.0736. The molecule has 1 N–H and O–H groups in total. The molecule has 1 aliphatic heterocycles. The largest absolute Gasteiger partial charge is 0.491 e. The molecule has 2 amide bonds. The molecule has 3 rings (SSSR count). The van der Waals surface area contributed by atoms with Crippen LogP contribution in [-0.4, -0.2) is 75.2 Å². The number of benzene rings is 2. The average Bonchev–Trinajstić information content (AvgIpc) is 2.77. The zero-order chi connectivity index (χ0) is 22.2. The van der Waals surface area contributed by atoms with Crippen LogP contribution in [0.5, 0.6) is 17.2 Å². The third-order valence-corrected chi connectivity index (χ3v) is 4.74. The SMILES string of the molecule is CCN(CC(=O)Nc1ccc2c(c1)OCCO2)C(=O)c1ccccc1OCCN(C)C. The molecular formula is C23H29N3O5. The van der Waals surface area contributed by atoms with Crippen molar-refractivity contribution in [1.29, 1.82) is 0 Å². The van der Waals surface area contributed by atoms with Crippen LogP contribution in [0.2, 0.25) is 0 Å². The predicted molar refractivity (Wildman–Crippen MR) is 118 cm³/mol. The summed E-state index contributed by atoms with van der Waals surface area (Å²) >= 11 is 0. The molecule has 1 aliphatic rings. The van der Waals surface area contributed by atoms with Gasteiger partial charge in [-0.25, -0.2) is 0 Å². The molecule has 0 aliphatic carbocycles. The van der Waals surface area contributed by atoms with Gasteiger partial charge in [0, 0.05) is 24.8 Å². The smallest absolute Gasteiger partial charge is 0.258 e. The van der Waals surface area contributed by atoms with Crippen molar-refractivity contribution in [3.8, 4) is 17.2 Å². The minimum atomic E-state index is -0.294. The topological polar surface area (TPSA) is 80.3 Å². The van der Waals surface area contributed by atoms with E-state index in [0.29, 0.717) is 54.9 Å². The number of nitrogens with zero attached hydrogens (tertiary/aromatic N) is 2. The molecule has 31 heavy (non-hydrogen) atoms. The summed E-state index contributed by atoms with van der Waals surface area (Å²) < 4.78 is 16.8. The van der Waals surface area contributed by atoms with Gasteiger partial charge in [0.05, 0.1) is 5.56 Å². The number of carbonyl (C=O) groups is 2. The van der Waals surface area contributed by atoms with Gasteiger partial charge in [-0.05, 0) is 45.3 Å². The fraction of sp³-hybridized carbons (Fsp3) is 0.391. The van der Waals surface area contributed by atoms with Gasteiger partial charge in [-0.2, -0.15) is 0 Å². The van der Waals surface area contributed by atoms with Crippen LogP contribution in [0, 0.1) is 0 Å². The molecule has 8 nitrogen and oxygen atoms in total. The summed E-state index contributed by atoms with van der Waals surface area (Å²) in [5, 5.41) is 2.82. The van der Waals surface area contributed by atoms with Gasteiger partial charge in [-0.3, -0.25) is 9.59 Å². The molecule has 0 aromatic heterocycles. The van der Waals surface area contributed by atoms with Crippen LogP contribution < -0.4 is 19.5 Å². The lowest BCUT2D eigenvalue weighted by Gasteiger charge is -2.22. The Bertz CT molecular complexity index is 916. The van der Waals surface area contributed by atoms with E-state index in [-0.39, 0.29) is 18.4 Å². The Morgan fingerprint density at radius 2 is 1.81 bits per heavy atom. The Hall–Kier alpha value is -3.26. The molecule has 0 fully saturated rings. The van der Waals surface area contributed by atoms with Crippen molar-refractivity contribution in [2.45, 2.75) is 6.92 Å². The molecule has 0 radical (unpaired) electrons. The lowest BCUT2D eigenvalue weighted by atomic mass is 10.1. The molecule has 8 heteroatoms. The average molecular weight is 428 g/mol. The van der Waals surface area contributed by atoms with Gasteiger partial charge in [0.2, 0.25) is 5.91 Å². The highest BCUT2D eigenvalue weighted by Gasteiger charge is 2.21. The predicted octanol–water partition coefficient (Wildman–Crippen LogP) is 2.50. The van der Waals surface area contributed by atoms with E-state index in [0.717, 1.165) is 6.54 Å². The summed E-state index contributed by atoms with van der Waals surface area (Å²) in [5.74, 6) is 1.22. The monoisotopic (exact) mass is 427 g/mol. The lowest BCUT2D eigenvalue weighted by molar-refractivity contribution is -0.116. The van der Waals surface area contributed by atoms with E-state index in [1.807, 2.05) is 32.0 Å². The van der Waals surface area contributed by atoms with Crippen molar-refractivity contribution < 1.29 is 23.8 Å². The molecule has 0 unspecified atom stereocenters. The van der Waals surface area contributed by atoms with Gasteiger partial charge in [0.1, 0.15) is 32.1 Å². The number of para-hydroxylation sites is 1. The minimum Gasteiger partial charge on any atom is -0.491 e. The van der Waals surface area contributed by atoms with E-state index in [9.17, 15) is 9.59 Å². The van der Waals surface area contributed by atoms with E-state index in [1.165, 1.54) is 4.90 Å². The van der Waals surface area contributed by atoms with Gasteiger partial charge < -0.3 is 29.3 Å². The van der Waals surface area contributed by atoms with Gasteiger partial charge in [0.15, 0.2) is 11.5 Å². The number of likely N-dealkylation sites (N-methyl/N-ethyl adjacent to an activating group) is 2. The summed E-state index contributed by atoms with van der Waals surface area (Å²) in [4.78, 5) is 29.2. The van der Waals surface area contributed by atoms with Crippen LogP contribution in [0.3, 0.4) is 0 Å². The number of anilines is 1. The van der Waals surface area contributed by atoms with Crippen LogP contribution in [0.4, 0.5) is 5.69 Å². The number of amides is 2. The van der Waals surface area contributed by atoms with E-state index >= 15 is 0 Å². The lowest BCUT2D eigenvalue weighted by Crippen LogP contribution is -2.38. The summed E-state index contributed by atoms with van der Waals surface area (Å²) in [6.07, 6.45) is 0. The number of hydrogen-bond acceptors (Lipinski definition) is 6. The van der Waals surface area contributed by atoms with Crippen molar-refractivity contribution in [3.05, 3.63) is 48.0 Å². The molecule has 1 heterocycles. The third-order valence-electron chi connectivity index (χ3n) is 4.74. The van der Waals surface area contributed by atoms with Crippen molar-refractivity contribution in [2.24, 2.45) is 0 Å². The van der Waals surface area contributed by atoms with Gasteiger partial charge in [-0.15, -0.1) is 0 Å². The van der Waals surface area contributed by atoms with E-state index in [4.69, 9.17) is 14.2 Å². The summed E-state index contributed by atoms with van der Waals surface area (Å²) in [7, 11) is 3.92. The first kappa shape index (κ1) is 22.4. The molecule has 0 bridgehead atoms. The van der Waals surface area contributed by atoms with Crippen molar-refractivity contribution >= 4 is 17.5 Å². The number of nitrogens with one attached hydrogen (secondary N) is 1. The molecule has 0 saturated heterocycles. The highest BCUT2D eigenvalue weighted by Crippen LogP contribution is 2.32. The van der Waals surface area contributed by atoms with Crippen LogP contribution in [0.15, 0.2) is 42.5 Å². The second-order valence-corrected chi connectivity index (χ2v) is 7.37. The maximum atomic E-state index is 13.1. The number of fused-ring (bicyclic) bond motifs is 1. The summed E-state index contributed by atoms with van der Waals surface area (Å²) in [5.41, 5.74) is 1.03. The number of rotatable bonds is 9. The van der Waals surface area contributed by atoms with Crippen molar-refractivity contribution in [3.63, 3.8) is 0 Å². The zero-order valence-corrected chi connectivity index (χ0v) is 18.2. The Morgan fingerprint density at radius 1 is 1.06 bits per heavy atom. The zero-order valence-electron chi connectivity index (χ0n) is 18.2. The third kappa shape index (κ3) is 6.11. The number of hydrogen-bond donors (Lipinski definition) is 1. The standard InChI is InChI=1S/C23H29N3O5/c1-4-26(23(28)18-7-5-6-8-19(18)29-12-11-25(2)3)16-22(27)24-17-9-10-20-21(15-17)31-14-13-30-20/h5-10,15H,4,11-14,16H2,1-3H3,(H,24,27). The molecule has 0 spiro atoms. The Balaban J connectivity index is 1.64. The molecule has 0 atom stereocenters. The Labute approximate surface area is 182 Å². The molecule has 2 aromatic carbocycles. The maximum Gasteiger partial charge on any atom is 0.258 e. The second kappa shape index (κ2) is 10.7. The first-order valence-corrected chi connectivity index (χ1v) is 10.3. The fourth-order valence-corrected chi connectivity index (χ4v) is 3.10. The molecule has 0 saturated carbocycles. The highest BCUT2D eigenvalue weighted by atomic mass is 16.6. The van der Waals surface area contributed by atoms with Gasteiger partial charge >= 0.3 is 0 Å². The van der Waals surface area contributed by atoms with Gasteiger partial charge in [0.25, 0.3) is 5.91 Å². The second-order valence-electron chi connectivity index (χ2n) is 7.37. The molecule has 2 aromatic rings. The summed E-state index contributed by atoms with van der Waals surface area (Å²) in [6.45, 7) is 4.33. The van der Waals surface area contributed by atoms with Crippen LogP contribution in [0.1, 0.15) is 17.3 Å².